The monoisotopic (exact) mass is 401 g/mol. The Morgan fingerprint density at radius 3 is 2.67 bits per heavy atom. The molecule has 2 aromatic heterocycles. The van der Waals surface area contributed by atoms with Gasteiger partial charge in [0.1, 0.15) is 11.6 Å². The molecule has 0 radical (unpaired) electrons. The standard InChI is InChI=1S/C24H20FN3O2/c25-18-8-10-19(11-9-18)30-14-4-13-27-24(29)21-15-23(17-5-3-12-26-16-17)28-22-7-2-1-6-20(21)22/h1-3,5-12,15-16H,4,13-14H2,(H,27,29). The average molecular weight is 401 g/mol. The fraction of sp³-hybridized carbons (Fsp3) is 0.125. The van der Waals surface area contributed by atoms with Gasteiger partial charge in [0.15, 0.2) is 0 Å². The van der Waals surface area contributed by atoms with Crippen LogP contribution < -0.4 is 10.1 Å². The Kier molecular flexibility index (Phi) is 5.94. The number of fused-ring (bicyclic) bond motifs is 1. The van der Waals surface area contributed by atoms with Gasteiger partial charge in [-0.2, -0.15) is 0 Å². The zero-order valence-corrected chi connectivity index (χ0v) is 16.2. The molecule has 2 heterocycles. The smallest absolute Gasteiger partial charge is 0.252 e. The van der Waals surface area contributed by atoms with Gasteiger partial charge in [-0.3, -0.25) is 9.78 Å². The molecule has 0 aliphatic heterocycles. The second-order valence-corrected chi connectivity index (χ2v) is 6.73. The van der Waals surface area contributed by atoms with E-state index in [2.05, 4.69) is 15.3 Å². The number of ether oxygens (including phenoxy) is 1. The number of benzene rings is 2. The fourth-order valence-corrected chi connectivity index (χ4v) is 3.12. The van der Waals surface area contributed by atoms with Crippen molar-refractivity contribution in [2.45, 2.75) is 6.42 Å². The first-order chi connectivity index (χ1) is 14.7. The number of nitrogens with zero attached hydrogens (tertiary/aromatic N) is 2. The molecule has 30 heavy (non-hydrogen) atoms. The molecule has 2 aromatic carbocycles. The molecule has 0 saturated heterocycles. The van der Waals surface area contributed by atoms with Crippen molar-refractivity contribution >= 4 is 16.8 Å². The summed E-state index contributed by atoms with van der Waals surface area (Å²) < 4.78 is 18.5. The van der Waals surface area contributed by atoms with Crippen molar-refractivity contribution < 1.29 is 13.9 Å². The van der Waals surface area contributed by atoms with Crippen LogP contribution in [0.15, 0.2) is 79.1 Å². The summed E-state index contributed by atoms with van der Waals surface area (Å²) in [7, 11) is 0. The molecule has 0 aliphatic rings. The summed E-state index contributed by atoms with van der Waals surface area (Å²) >= 11 is 0. The number of hydrogen-bond donors (Lipinski definition) is 1. The van der Waals surface area contributed by atoms with Crippen molar-refractivity contribution in [2.75, 3.05) is 13.2 Å². The molecule has 4 aromatic rings. The van der Waals surface area contributed by atoms with Crippen LogP contribution in [0.25, 0.3) is 22.2 Å². The summed E-state index contributed by atoms with van der Waals surface area (Å²) in [5.74, 6) is 0.134. The maximum atomic E-state index is 12.9. The number of rotatable bonds is 7. The Morgan fingerprint density at radius 1 is 1.03 bits per heavy atom. The van der Waals surface area contributed by atoms with Crippen molar-refractivity contribution in [2.24, 2.45) is 0 Å². The second kappa shape index (κ2) is 9.13. The van der Waals surface area contributed by atoms with E-state index in [-0.39, 0.29) is 11.7 Å². The molecule has 0 unspecified atom stereocenters. The Bertz CT molecular complexity index is 1150. The lowest BCUT2D eigenvalue weighted by Crippen LogP contribution is -2.26. The summed E-state index contributed by atoms with van der Waals surface area (Å²) in [5, 5.41) is 3.74. The summed E-state index contributed by atoms with van der Waals surface area (Å²) in [6.07, 6.45) is 4.05. The van der Waals surface area contributed by atoms with Crippen LogP contribution in [0, 0.1) is 5.82 Å². The van der Waals surface area contributed by atoms with E-state index in [1.54, 1.807) is 30.6 Å². The minimum absolute atomic E-state index is 0.166. The van der Waals surface area contributed by atoms with Gasteiger partial charge in [-0.05, 0) is 55.0 Å². The van der Waals surface area contributed by atoms with E-state index in [4.69, 9.17) is 4.74 Å². The first-order valence-corrected chi connectivity index (χ1v) is 9.67. The topological polar surface area (TPSA) is 64.1 Å². The van der Waals surface area contributed by atoms with E-state index in [0.717, 1.165) is 16.5 Å². The van der Waals surface area contributed by atoms with Crippen LogP contribution in [0.3, 0.4) is 0 Å². The van der Waals surface area contributed by atoms with Crippen LogP contribution in [0.4, 0.5) is 4.39 Å². The van der Waals surface area contributed by atoms with Crippen molar-refractivity contribution in [1.29, 1.82) is 0 Å². The van der Waals surface area contributed by atoms with Gasteiger partial charge in [-0.25, -0.2) is 9.37 Å². The van der Waals surface area contributed by atoms with Crippen LogP contribution in [-0.2, 0) is 0 Å². The van der Waals surface area contributed by atoms with E-state index < -0.39 is 0 Å². The molecule has 0 saturated carbocycles. The third-order valence-corrected chi connectivity index (χ3v) is 4.61. The number of pyridine rings is 2. The molecule has 5 nitrogen and oxygen atoms in total. The largest absolute Gasteiger partial charge is 0.494 e. The summed E-state index contributed by atoms with van der Waals surface area (Å²) in [6, 6.07) is 19.0. The van der Waals surface area contributed by atoms with Gasteiger partial charge >= 0.3 is 0 Å². The van der Waals surface area contributed by atoms with E-state index in [1.807, 2.05) is 36.4 Å². The lowest BCUT2D eigenvalue weighted by atomic mass is 10.0. The quantitative estimate of drug-likeness (QED) is 0.459. The third-order valence-electron chi connectivity index (χ3n) is 4.61. The lowest BCUT2D eigenvalue weighted by Gasteiger charge is -2.11. The van der Waals surface area contributed by atoms with Gasteiger partial charge in [0.2, 0.25) is 0 Å². The van der Waals surface area contributed by atoms with E-state index in [0.29, 0.717) is 36.6 Å². The third kappa shape index (κ3) is 4.60. The molecule has 1 amide bonds. The Balaban J connectivity index is 1.44. The van der Waals surface area contributed by atoms with Gasteiger partial charge in [0, 0.05) is 29.9 Å². The summed E-state index contributed by atoms with van der Waals surface area (Å²) in [4.78, 5) is 21.7. The normalized spacial score (nSPS) is 10.7. The molecular formula is C24H20FN3O2. The van der Waals surface area contributed by atoms with Crippen LogP contribution >= 0.6 is 0 Å². The molecule has 150 valence electrons. The molecule has 0 atom stereocenters. The van der Waals surface area contributed by atoms with Gasteiger partial charge in [-0.1, -0.05) is 18.2 Å². The minimum Gasteiger partial charge on any atom is -0.494 e. The molecule has 0 spiro atoms. The molecule has 4 rings (SSSR count). The van der Waals surface area contributed by atoms with Gasteiger partial charge in [0.05, 0.1) is 23.4 Å². The van der Waals surface area contributed by atoms with Crippen molar-refractivity contribution in [3.63, 3.8) is 0 Å². The van der Waals surface area contributed by atoms with Crippen LogP contribution in [0.5, 0.6) is 5.75 Å². The molecule has 1 N–H and O–H groups in total. The Morgan fingerprint density at radius 2 is 1.87 bits per heavy atom. The second-order valence-electron chi connectivity index (χ2n) is 6.73. The first kappa shape index (κ1) is 19.5. The number of halogens is 1. The van der Waals surface area contributed by atoms with E-state index >= 15 is 0 Å². The Labute approximate surface area is 173 Å². The maximum absolute atomic E-state index is 12.9. The van der Waals surface area contributed by atoms with Crippen molar-refractivity contribution in [3.8, 4) is 17.0 Å². The number of carbonyl (C=O) groups is 1. The molecule has 6 heteroatoms. The van der Waals surface area contributed by atoms with Crippen molar-refractivity contribution in [3.05, 3.63) is 90.5 Å². The highest BCUT2D eigenvalue weighted by Gasteiger charge is 2.13. The molecule has 0 fully saturated rings. The number of carbonyl (C=O) groups excluding carboxylic acids is 1. The lowest BCUT2D eigenvalue weighted by molar-refractivity contribution is 0.0953. The average Bonchev–Trinajstić information content (AvgIpc) is 2.80. The number of aromatic nitrogens is 2. The zero-order chi connectivity index (χ0) is 20.8. The van der Waals surface area contributed by atoms with E-state index in [1.165, 1.54) is 12.1 Å². The molecule has 0 bridgehead atoms. The van der Waals surface area contributed by atoms with Crippen LogP contribution in [-0.4, -0.2) is 29.0 Å². The highest BCUT2D eigenvalue weighted by Crippen LogP contribution is 2.24. The van der Waals surface area contributed by atoms with Gasteiger partial charge < -0.3 is 10.1 Å². The Hall–Kier alpha value is -3.80. The van der Waals surface area contributed by atoms with Crippen molar-refractivity contribution in [1.82, 2.24) is 15.3 Å². The predicted molar refractivity (Wildman–Crippen MR) is 114 cm³/mol. The molecular weight excluding hydrogens is 381 g/mol. The minimum atomic E-state index is -0.301. The fourth-order valence-electron chi connectivity index (χ4n) is 3.12. The highest BCUT2D eigenvalue weighted by molar-refractivity contribution is 6.07. The van der Waals surface area contributed by atoms with Crippen LogP contribution in [0.1, 0.15) is 16.8 Å². The highest BCUT2D eigenvalue weighted by atomic mass is 19.1. The van der Waals surface area contributed by atoms with Gasteiger partial charge in [0.25, 0.3) is 5.91 Å². The number of amides is 1. The van der Waals surface area contributed by atoms with E-state index in [9.17, 15) is 9.18 Å². The molecule has 0 aliphatic carbocycles. The number of nitrogens with one attached hydrogen (secondary N) is 1. The zero-order valence-electron chi connectivity index (χ0n) is 16.2. The predicted octanol–water partition coefficient (Wildman–Crippen LogP) is 4.63. The number of hydrogen-bond acceptors (Lipinski definition) is 4. The number of para-hydroxylation sites is 1. The SMILES string of the molecule is O=C(NCCCOc1ccc(F)cc1)c1cc(-c2cccnc2)nc2ccccc12. The summed E-state index contributed by atoms with van der Waals surface area (Å²) in [5.41, 5.74) is 2.87. The maximum Gasteiger partial charge on any atom is 0.252 e. The summed E-state index contributed by atoms with van der Waals surface area (Å²) in [6.45, 7) is 0.878. The first-order valence-electron chi connectivity index (χ1n) is 9.67. The van der Waals surface area contributed by atoms with Crippen LogP contribution in [0.2, 0.25) is 0 Å². The van der Waals surface area contributed by atoms with Gasteiger partial charge in [-0.15, -0.1) is 0 Å².